The fourth-order valence-electron chi connectivity index (χ4n) is 1.64. The second-order valence-electron chi connectivity index (χ2n) is 3.83. The third-order valence-corrected chi connectivity index (χ3v) is 2.51. The van der Waals surface area contributed by atoms with E-state index < -0.39 is 0 Å². The molecule has 0 radical (unpaired) electrons. The Bertz CT molecular complexity index is 626. The monoisotopic (exact) mass is 282 g/mol. The molecule has 2 rings (SSSR count). The van der Waals surface area contributed by atoms with E-state index in [9.17, 15) is 9.59 Å². The maximum atomic E-state index is 12.1. The molecule has 0 bridgehead atoms. The highest BCUT2D eigenvalue weighted by molar-refractivity contribution is 5.85. The van der Waals surface area contributed by atoms with Gasteiger partial charge >= 0.3 is 0 Å². The van der Waals surface area contributed by atoms with E-state index in [1.165, 1.54) is 10.9 Å². The summed E-state index contributed by atoms with van der Waals surface area (Å²) in [4.78, 5) is 27.7. The van der Waals surface area contributed by atoms with E-state index in [0.29, 0.717) is 24.0 Å². The Balaban J connectivity index is 0.00000180. The molecule has 2 aromatic rings. The molecule has 0 unspecified atom stereocenters. The lowest BCUT2D eigenvalue weighted by Crippen LogP contribution is -2.35. The number of hydrogen-bond donors (Lipinski definition) is 2. The normalized spacial score (nSPS) is 9.95. The van der Waals surface area contributed by atoms with Gasteiger partial charge in [0.25, 0.3) is 5.56 Å². The van der Waals surface area contributed by atoms with E-state index in [1.807, 2.05) is 6.07 Å². The first-order valence-corrected chi connectivity index (χ1v) is 5.63. The molecule has 1 aromatic carbocycles. The van der Waals surface area contributed by atoms with Gasteiger partial charge < -0.3 is 11.1 Å². The summed E-state index contributed by atoms with van der Waals surface area (Å²) in [6, 6.07) is 7.03. The first-order chi connectivity index (χ1) is 8.72. The molecule has 0 fully saturated rings. The molecule has 19 heavy (non-hydrogen) atoms. The molecule has 102 valence electrons. The lowest BCUT2D eigenvalue weighted by atomic mass is 10.2. The zero-order valence-corrected chi connectivity index (χ0v) is 11.0. The molecule has 0 aliphatic carbocycles. The number of halogens is 1. The number of nitrogens with one attached hydrogen (secondary N) is 1. The lowest BCUT2D eigenvalue weighted by molar-refractivity contribution is -0.121. The van der Waals surface area contributed by atoms with E-state index in [0.717, 1.165) is 0 Å². The highest BCUT2D eigenvalue weighted by atomic mass is 35.5. The zero-order valence-electron chi connectivity index (χ0n) is 10.2. The maximum absolute atomic E-state index is 12.1. The second-order valence-corrected chi connectivity index (χ2v) is 3.83. The van der Waals surface area contributed by atoms with Crippen molar-refractivity contribution in [1.29, 1.82) is 0 Å². The Hall–Kier alpha value is -1.92. The number of fused-ring (bicyclic) bond motifs is 1. The number of carbonyl (C=O) groups excluding carboxylic acids is 1. The summed E-state index contributed by atoms with van der Waals surface area (Å²) in [5, 5.41) is 3.11. The summed E-state index contributed by atoms with van der Waals surface area (Å²) in [6.45, 7) is 0.724. The van der Waals surface area contributed by atoms with Crippen LogP contribution in [0.25, 0.3) is 10.9 Å². The molecular weight excluding hydrogens is 268 g/mol. The Morgan fingerprint density at radius 2 is 2.11 bits per heavy atom. The van der Waals surface area contributed by atoms with Gasteiger partial charge in [-0.05, 0) is 12.1 Å². The van der Waals surface area contributed by atoms with Gasteiger partial charge in [-0.2, -0.15) is 0 Å². The molecule has 0 spiro atoms. The topological polar surface area (TPSA) is 90.0 Å². The van der Waals surface area contributed by atoms with Crippen molar-refractivity contribution in [2.75, 3.05) is 13.1 Å². The van der Waals surface area contributed by atoms with Crippen LogP contribution in [0.1, 0.15) is 0 Å². The van der Waals surface area contributed by atoms with E-state index in [-0.39, 0.29) is 30.4 Å². The maximum Gasteiger partial charge on any atom is 0.261 e. The molecule has 7 heteroatoms. The van der Waals surface area contributed by atoms with Crippen LogP contribution in [0.5, 0.6) is 0 Å². The Labute approximate surface area is 116 Å². The molecule has 1 heterocycles. The Morgan fingerprint density at radius 3 is 2.84 bits per heavy atom. The molecule has 6 nitrogen and oxygen atoms in total. The zero-order chi connectivity index (χ0) is 13.0. The van der Waals surface area contributed by atoms with Crippen molar-refractivity contribution in [3.8, 4) is 0 Å². The number of benzene rings is 1. The van der Waals surface area contributed by atoms with Crippen LogP contribution in [0.4, 0.5) is 0 Å². The molecular formula is C12H15ClN4O2. The molecule has 0 saturated heterocycles. The minimum absolute atomic E-state index is 0. The van der Waals surface area contributed by atoms with E-state index in [2.05, 4.69) is 10.3 Å². The van der Waals surface area contributed by atoms with Crippen molar-refractivity contribution in [2.24, 2.45) is 5.73 Å². The first-order valence-electron chi connectivity index (χ1n) is 5.63. The standard InChI is InChI=1S/C12H14N4O2.ClH/c13-5-6-14-11(17)7-16-8-15-10-4-2-1-3-9(10)12(16)18;/h1-4,8H,5-7,13H2,(H,14,17);1H. The van der Waals surface area contributed by atoms with E-state index >= 15 is 0 Å². The summed E-state index contributed by atoms with van der Waals surface area (Å²) in [5.41, 5.74) is 5.69. The fraction of sp³-hybridized carbons (Fsp3) is 0.250. The molecule has 0 aliphatic heterocycles. The smallest absolute Gasteiger partial charge is 0.261 e. The number of para-hydroxylation sites is 1. The number of carbonyl (C=O) groups is 1. The van der Waals surface area contributed by atoms with Crippen LogP contribution in [-0.4, -0.2) is 28.5 Å². The first kappa shape index (κ1) is 15.1. The summed E-state index contributed by atoms with van der Waals surface area (Å²) < 4.78 is 1.29. The van der Waals surface area contributed by atoms with Crippen molar-refractivity contribution in [3.05, 3.63) is 40.9 Å². The predicted molar refractivity (Wildman–Crippen MR) is 75.3 cm³/mol. The minimum atomic E-state index is -0.250. The van der Waals surface area contributed by atoms with Crippen molar-refractivity contribution < 1.29 is 4.79 Å². The molecule has 1 aromatic heterocycles. The van der Waals surface area contributed by atoms with Gasteiger partial charge in [-0.15, -0.1) is 12.4 Å². The van der Waals surface area contributed by atoms with Gasteiger partial charge in [-0.1, -0.05) is 12.1 Å². The molecule has 1 amide bonds. The quantitative estimate of drug-likeness (QED) is 0.819. The number of hydrogen-bond acceptors (Lipinski definition) is 4. The molecule has 0 aliphatic rings. The fourth-order valence-corrected chi connectivity index (χ4v) is 1.64. The largest absolute Gasteiger partial charge is 0.353 e. The van der Waals surface area contributed by atoms with Crippen LogP contribution in [-0.2, 0) is 11.3 Å². The molecule has 3 N–H and O–H groups in total. The average molecular weight is 283 g/mol. The number of amides is 1. The van der Waals surface area contributed by atoms with Crippen LogP contribution in [0.15, 0.2) is 35.4 Å². The van der Waals surface area contributed by atoms with Crippen LogP contribution in [0.2, 0.25) is 0 Å². The number of nitrogens with zero attached hydrogens (tertiary/aromatic N) is 2. The van der Waals surface area contributed by atoms with Crippen LogP contribution >= 0.6 is 12.4 Å². The molecule has 0 atom stereocenters. The van der Waals surface area contributed by atoms with Gasteiger partial charge in [-0.3, -0.25) is 14.2 Å². The number of rotatable bonds is 4. The molecule has 0 saturated carbocycles. The average Bonchev–Trinajstić information content (AvgIpc) is 2.40. The summed E-state index contributed by atoms with van der Waals surface area (Å²) in [7, 11) is 0. The van der Waals surface area contributed by atoms with Gasteiger partial charge in [-0.25, -0.2) is 4.98 Å². The van der Waals surface area contributed by atoms with Crippen molar-refractivity contribution >= 4 is 29.2 Å². The minimum Gasteiger partial charge on any atom is -0.353 e. The SMILES string of the molecule is Cl.NCCNC(=O)Cn1cnc2ccccc2c1=O. The highest BCUT2D eigenvalue weighted by Gasteiger charge is 2.06. The van der Waals surface area contributed by atoms with E-state index in [1.54, 1.807) is 18.2 Å². The third kappa shape index (κ3) is 3.52. The summed E-state index contributed by atoms with van der Waals surface area (Å²) in [6.07, 6.45) is 1.38. The van der Waals surface area contributed by atoms with Gasteiger partial charge in [0.1, 0.15) is 6.54 Å². The third-order valence-electron chi connectivity index (χ3n) is 2.51. The van der Waals surface area contributed by atoms with Gasteiger partial charge in [0.2, 0.25) is 5.91 Å². The van der Waals surface area contributed by atoms with E-state index in [4.69, 9.17) is 5.73 Å². The van der Waals surface area contributed by atoms with Crippen LogP contribution in [0.3, 0.4) is 0 Å². The van der Waals surface area contributed by atoms with Crippen LogP contribution in [0, 0.1) is 0 Å². The van der Waals surface area contributed by atoms with Crippen molar-refractivity contribution in [2.45, 2.75) is 6.54 Å². The van der Waals surface area contributed by atoms with Crippen molar-refractivity contribution in [3.63, 3.8) is 0 Å². The number of nitrogens with two attached hydrogens (primary N) is 1. The van der Waals surface area contributed by atoms with Crippen molar-refractivity contribution in [1.82, 2.24) is 14.9 Å². The highest BCUT2D eigenvalue weighted by Crippen LogP contribution is 2.04. The Kier molecular flexibility index (Phi) is 5.47. The van der Waals surface area contributed by atoms with Gasteiger partial charge in [0.15, 0.2) is 0 Å². The lowest BCUT2D eigenvalue weighted by Gasteiger charge is -2.06. The summed E-state index contributed by atoms with van der Waals surface area (Å²) in [5.74, 6) is -0.250. The van der Waals surface area contributed by atoms with Gasteiger partial charge in [0.05, 0.1) is 17.2 Å². The van der Waals surface area contributed by atoms with Gasteiger partial charge in [0, 0.05) is 13.1 Å². The second kappa shape index (κ2) is 6.86. The summed E-state index contributed by atoms with van der Waals surface area (Å²) >= 11 is 0. The number of aromatic nitrogens is 2. The van der Waals surface area contributed by atoms with Crippen LogP contribution < -0.4 is 16.6 Å². The Morgan fingerprint density at radius 1 is 1.37 bits per heavy atom. The predicted octanol–water partition coefficient (Wildman–Crippen LogP) is -0.107.